The number of hydrogen-bond acceptors (Lipinski definition) is 5. The summed E-state index contributed by atoms with van der Waals surface area (Å²) < 4.78 is 1.90. The van der Waals surface area contributed by atoms with Crippen LogP contribution in [0.1, 0.15) is 24.8 Å². The molecule has 0 radical (unpaired) electrons. The minimum atomic E-state index is -0.659. The van der Waals surface area contributed by atoms with Gasteiger partial charge in [-0.3, -0.25) is 9.78 Å². The highest BCUT2D eigenvalue weighted by Gasteiger charge is 2.20. The SMILES string of the molecule is Cc1cc2nc3c(=O)[nH]c(=O)nc-3n(CCN3CCCCC3)c2cc1Cl. The number of nitrogens with zero attached hydrogens (tertiary/aromatic N) is 4. The number of aromatic nitrogens is 4. The lowest BCUT2D eigenvalue weighted by Gasteiger charge is -2.27. The topological polar surface area (TPSA) is 83.9 Å². The minimum Gasteiger partial charge on any atom is -0.321 e. The Bertz CT molecular complexity index is 1050. The molecule has 3 aliphatic rings. The Kier molecular flexibility index (Phi) is 4.50. The molecule has 1 fully saturated rings. The monoisotopic (exact) mass is 373 g/mol. The Balaban J connectivity index is 1.89. The molecule has 3 aliphatic heterocycles. The molecule has 1 N–H and O–H groups in total. The third-order valence-electron chi connectivity index (χ3n) is 4.98. The Morgan fingerprint density at radius 3 is 2.65 bits per heavy atom. The highest BCUT2D eigenvalue weighted by molar-refractivity contribution is 6.32. The molecule has 0 amide bonds. The average Bonchev–Trinajstić information content (AvgIpc) is 2.62. The fraction of sp³-hybridized carbons (Fsp3) is 0.444. The summed E-state index contributed by atoms with van der Waals surface area (Å²) in [6.07, 6.45) is 3.68. The minimum absolute atomic E-state index is 0.178. The smallest absolute Gasteiger partial charge is 0.321 e. The van der Waals surface area contributed by atoms with Gasteiger partial charge in [-0.1, -0.05) is 18.0 Å². The lowest BCUT2D eigenvalue weighted by molar-refractivity contribution is 0.221. The van der Waals surface area contributed by atoms with E-state index < -0.39 is 11.2 Å². The Labute approximate surface area is 155 Å². The molecule has 7 nitrogen and oxygen atoms in total. The van der Waals surface area contributed by atoms with Crippen LogP contribution in [0.2, 0.25) is 5.02 Å². The van der Waals surface area contributed by atoms with Gasteiger partial charge in [0.1, 0.15) is 0 Å². The predicted molar refractivity (Wildman–Crippen MR) is 101 cm³/mol. The normalized spacial score (nSPS) is 15.8. The van der Waals surface area contributed by atoms with Crippen LogP contribution in [0.4, 0.5) is 0 Å². The summed E-state index contributed by atoms with van der Waals surface area (Å²) in [4.78, 5) is 37.1. The highest BCUT2D eigenvalue weighted by Crippen LogP contribution is 2.26. The fourth-order valence-electron chi connectivity index (χ4n) is 3.57. The molecule has 0 spiro atoms. The van der Waals surface area contributed by atoms with Crippen LogP contribution in [0.5, 0.6) is 0 Å². The van der Waals surface area contributed by atoms with Crippen molar-refractivity contribution in [3.05, 3.63) is 43.6 Å². The lowest BCUT2D eigenvalue weighted by Crippen LogP contribution is -2.34. The maximum absolute atomic E-state index is 12.2. The van der Waals surface area contributed by atoms with Crippen LogP contribution in [0.3, 0.4) is 0 Å². The summed E-state index contributed by atoms with van der Waals surface area (Å²) in [7, 11) is 0. The highest BCUT2D eigenvalue weighted by atomic mass is 35.5. The second kappa shape index (κ2) is 6.81. The molecule has 8 heteroatoms. The molecule has 136 valence electrons. The number of nitrogens with one attached hydrogen (secondary N) is 1. The van der Waals surface area contributed by atoms with Crippen molar-refractivity contribution >= 4 is 22.6 Å². The van der Waals surface area contributed by atoms with Gasteiger partial charge in [0.25, 0.3) is 5.56 Å². The quantitative estimate of drug-likeness (QED) is 0.710. The van der Waals surface area contributed by atoms with Crippen LogP contribution >= 0.6 is 11.6 Å². The van der Waals surface area contributed by atoms with Crippen LogP contribution in [-0.2, 0) is 6.54 Å². The van der Waals surface area contributed by atoms with Crippen molar-refractivity contribution in [3.8, 4) is 11.5 Å². The van der Waals surface area contributed by atoms with E-state index in [9.17, 15) is 9.59 Å². The van der Waals surface area contributed by atoms with Crippen LogP contribution in [0.15, 0.2) is 21.7 Å². The molecule has 0 bridgehead atoms. The third-order valence-corrected chi connectivity index (χ3v) is 5.39. The number of hydrogen-bond donors (Lipinski definition) is 1. The second-order valence-corrected chi connectivity index (χ2v) is 7.21. The Morgan fingerprint density at radius 2 is 1.88 bits per heavy atom. The van der Waals surface area contributed by atoms with Gasteiger partial charge in [0, 0.05) is 18.1 Å². The van der Waals surface area contributed by atoms with Crippen molar-refractivity contribution in [1.82, 2.24) is 24.4 Å². The summed E-state index contributed by atoms with van der Waals surface area (Å²) in [5.74, 6) is 0.308. The molecule has 3 heterocycles. The number of aromatic amines is 1. The summed E-state index contributed by atoms with van der Waals surface area (Å²) in [5, 5.41) is 0.623. The molecular weight excluding hydrogens is 354 g/mol. The zero-order valence-corrected chi connectivity index (χ0v) is 15.3. The molecule has 1 saturated heterocycles. The van der Waals surface area contributed by atoms with Crippen LogP contribution in [0, 0.1) is 6.92 Å². The van der Waals surface area contributed by atoms with Gasteiger partial charge in [0.15, 0.2) is 11.5 Å². The fourth-order valence-corrected chi connectivity index (χ4v) is 3.73. The van der Waals surface area contributed by atoms with Crippen molar-refractivity contribution in [2.75, 3.05) is 19.6 Å². The molecule has 0 unspecified atom stereocenters. The predicted octanol–water partition coefficient (Wildman–Crippen LogP) is 2.03. The van der Waals surface area contributed by atoms with Crippen LogP contribution in [0.25, 0.3) is 22.6 Å². The van der Waals surface area contributed by atoms with E-state index in [2.05, 4.69) is 19.9 Å². The van der Waals surface area contributed by atoms with Crippen LogP contribution < -0.4 is 11.2 Å². The standard InChI is InChI=1S/C18H20ClN5O2/c1-11-9-13-14(10-12(11)19)24(8-7-23-5-3-2-4-6-23)16-15(20-13)17(25)22-18(26)21-16/h9-10H,2-8H2,1H3,(H,22,25,26). The van der Waals surface area contributed by atoms with Gasteiger partial charge in [-0.05, 0) is 50.6 Å². The number of fused-ring (bicyclic) bond motifs is 2. The van der Waals surface area contributed by atoms with Gasteiger partial charge < -0.3 is 9.47 Å². The van der Waals surface area contributed by atoms with Crippen molar-refractivity contribution < 1.29 is 0 Å². The van der Waals surface area contributed by atoms with Gasteiger partial charge in [-0.25, -0.2) is 9.78 Å². The largest absolute Gasteiger partial charge is 0.349 e. The first kappa shape index (κ1) is 17.2. The zero-order valence-electron chi connectivity index (χ0n) is 14.6. The molecule has 0 saturated carbocycles. The summed E-state index contributed by atoms with van der Waals surface area (Å²) in [6.45, 7) is 5.48. The van der Waals surface area contributed by atoms with Gasteiger partial charge in [-0.2, -0.15) is 4.98 Å². The lowest BCUT2D eigenvalue weighted by atomic mass is 10.1. The van der Waals surface area contributed by atoms with Crippen LogP contribution in [-0.4, -0.2) is 44.1 Å². The second-order valence-electron chi connectivity index (χ2n) is 6.80. The first-order valence-electron chi connectivity index (χ1n) is 8.86. The van der Waals surface area contributed by atoms with Crippen molar-refractivity contribution in [2.45, 2.75) is 32.7 Å². The molecule has 1 aromatic carbocycles. The van der Waals surface area contributed by atoms with Gasteiger partial charge >= 0.3 is 5.69 Å². The molecule has 1 aromatic rings. The third kappa shape index (κ3) is 3.12. The Hall–Kier alpha value is -2.25. The van der Waals surface area contributed by atoms with Gasteiger partial charge in [0.05, 0.1) is 11.0 Å². The van der Waals surface area contributed by atoms with Crippen molar-refractivity contribution in [3.63, 3.8) is 0 Å². The molecule has 4 rings (SSSR count). The van der Waals surface area contributed by atoms with E-state index in [-0.39, 0.29) is 5.69 Å². The number of H-pyrrole nitrogens is 1. The number of benzene rings is 1. The number of rotatable bonds is 3. The number of piperidine rings is 1. The van der Waals surface area contributed by atoms with E-state index in [1.165, 1.54) is 19.3 Å². The molecule has 0 aliphatic carbocycles. The number of halogens is 1. The molecule has 0 atom stereocenters. The van der Waals surface area contributed by atoms with Crippen molar-refractivity contribution in [2.24, 2.45) is 0 Å². The summed E-state index contributed by atoms with van der Waals surface area (Å²) in [6, 6.07) is 3.70. The summed E-state index contributed by atoms with van der Waals surface area (Å²) in [5.41, 5.74) is 1.34. The number of aryl methyl sites for hydroxylation is 1. The van der Waals surface area contributed by atoms with E-state index in [0.717, 1.165) is 30.7 Å². The van der Waals surface area contributed by atoms with E-state index >= 15 is 0 Å². The van der Waals surface area contributed by atoms with E-state index in [0.29, 0.717) is 22.9 Å². The number of likely N-dealkylation sites (tertiary alicyclic amines) is 1. The van der Waals surface area contributed by atoms with E-state index in [1.807, 2.05) is 23.6 Å². The van der Waals surface area contributed by atoms with E-state index in [1.54, 1.807) is 0 Å². The molecule has 26 heavy (non-hydrogen) atoms. The molecule has 0 aromatic heterocycles. The first-order chi connectivity index (χ1) is 12.5. The average molecular weight is 374 g/mol. The molecular formula is C18H20ClN5O2. The van der Waals surface area contributed by atoms with Gasteiger partial charge in [0.2, 0.25) is 0 Å². The maximum Gasteiger partial charge on any atom is 0.349 e. The Morgan fingerprint density at radius 1 is 1.12 bits per heavy atom. The first-order valence-corrected chi connectivity index (χ1v) is 9.24. The maximum atomic E-state index is 12.2. The van der Waals surface area contributed by atoms with Gasteiger partial charge in [-0.15, -0.1) is 0 Å². The zero-order chi connectivity index (χ0) is 18.3. The van der Waals surface area contributed by atoms with Crippen molar-refractivity contribution in [1.29, 1.82) is 0 Å². The van der Waals surface area contributed by atoms with E-state index in [4.69, 9.17) is 11.6 Å². The summed E-state index contributed by atoms with van der Waals surface area (Å²) >= 11 is 6.32.